The van der Waals surface area contributed by atoms with Gasteiger partial charge in [0.1, 0.15) is 5.82 Å². The second-order valence-corrected chi connectivity index (χ2v) is 3.64. The van der Waals surface area contributed by atoms with Crippen LogP contribution in [0, 0.1) is 5.82 Å². The minimum atomic E-state index is -0.414. The Balaban J connectivity index is 2.93. The standard InChI is InChI=1S/C9H8ClFO2S/c1-13-9(12)5-6-4-7(11)2-3-8(6)14-10/h2-4H,5H2,1H3. The Bertz CT molecular complexity index is 344. The number of carbonyl (C=O) groups is 1. The van der Waals surface area contributed by atoms with Gasteiger partial charge in [-0.15, -0.1) is 0 Å². The number of carbonyl (C=O) groups excluding carboxylic acids is 1. The van der Waals surface area contributed by atoms with E-state index in [1.807, 2.05) is 0 Å². The third-order valence-electron chi connectivity index (χ3n) is 1.67. The number of esters is 1. The van der Waals surface area contributed by atoms with Gasteiger partial charge in [0, 0.05) is 4.90 Å². The lowest BCUT2D eigenvalue weighted by atomic mass is 10.1. The average Bonchev–Trinajstić information content (AvgIpc) is 2.18. The van der Waals surface area contributed by atoms with Crippen LogP contribution in [0.4, 0.5) is 4.39 Å². The van der Waals surface area contributed by atoms with Crippen molar-refractivity contribution in [3.05, 3.63) is 29.6 Å². The Morgan fingerprint density at radius 1 is 1.64 bits per heavy atom. The zero-order chi connectivity index (χ0) is 10.6. The van der Waals surface area contributed by atoms with Crippen LogP contribution in [0.2, 0.25) is 0 Å². The lowest BCUT2D eigenvalue weighted by Crippen LogP contribution is -2.05. The van der Waals surface area contributed by atoms with E-state index in [1.54, 1.807) is 0 Å². The van der Waals surface area contributed by atoms with E-state index < -0.39 is 11.8 Å². The predicted molar refractivity (Wildman–Crippen MR) is 53.8 cm³/mol. The van der Waals surface area contributed by atoms with Crippen molar-refractivity contribution in [2.24, 2.45) is 0 Å². The topological polar surface area (TPSA) is 26.3 Å². The largest absolute Gasteiger partial charge is 0.469 e. The SMILES string of the molecule is COC(=O)Cc1cc(F)ccc1SCl. The molecule has 5 heteroatoms. The molecule has 0 aliphatic rings. The molecule has 0 fully saturated rings. The Morgan fingerprint density at radius 3 is 2.93 bits per heavy atom. The molecule has 1 rings (SSSR count). The van der Waals surface area contributed by atoms with Crippen LogP contribution in [0.25, 0.3) is 0 Å². The molecular formula is C9H8ClFO2S. The van der Waals surface area contributed by atoms with Crippen molar-refractivity contribution in [2.45, 2.75) is 11.3 Å². The third-order valence-corrected chi connectivity index (χ3v) is 2.73. The molecule has 76 valence electrons. The van der Waals surface area contributed by atoms with E-state index in [2.05, 4.69) is 4.74 Å². The van der Waals surface area contributed by atoms with E-state index in [0.717, 1.165) is 11.0 Å². The molecular weight excluding hydrogens is 227 g/mol. The van der Waals surface area contributed by atoms with Gasteiger partial charge >= 0.3 is 5.97 Å². The zero-order valence-corrected chi connectivity index (χ0v) is 8.99. The van der Waals surface area contributed by atoms with Gasteiger partial charge in [0.25, 0.3) is 0 Å². The van der Waals surface area contributed by atoms with Gasteiger partial charge in [-0.3, -0.25) is 4.79 Å². The van der Waals surface area contributed by atoms with Crippen LogP contribution >= 0.6 is 21.7 Å². The second kappa shape index (κ2) is 5.22. The van der Waals surface area contributed by atoms with Crippen LogP contribution in [-0.2, 0) is 16.0 Å². The lowest BCUT2D eigenvalue weighted by Gasteiger charge is -2.04. The molecule has 0 unspecified atom stereocenters. The summed E-state index contributed by atoms with van der Waals surface area (Å²) in [5.74, 6) is -0.805. The van der Waals surface area contributed by atoms with Crippen LogP contribution in [-0.4, -0.2) is 13.1 Å². The highest BCUT2D eigenvalue weighted by Gasteiger charge is 2.09. The Hall–Kier alpha value is -0.740. The minimum Gasteiger partial charge on any atom is -0.469 e. The number of hydrogen-bond donors (Lipinski definition) is 0. The molecule has 0 radical (unpaired) electrons. The van der Waals surface area contributed by atoms with Gasteiger partial charge in [0.05, 0.1) is 13.5 Å². The number of halogens is 2. The summed E-state index contributed by atoms with van der Waals surface area (Å²) in [5.41, 5.74) is 0.539. The summed E-state index contributed by atoms with van der Waals surface area (Å²) in [6, 6.07) is 4.11. The number of hydrogen-bond acceptors (Lipinski definition) is 3. The molecule has 0 bridgehead atoms. The van der Waals surface area contributed by atoms with Crippen molar-refractivity contribution in [3.63, 3.8) is 0 Å². The first-order valence-electron chi connectivity index (χ1n) is 3.81. The number of benzene rings is 1. The Labute approximate surface area is 89.9 Å². The number of methoxy groups -OCH3 is 1. The lowest BCUT2D eigenvalue weighted by molar-refractivity contribution is -0.139. The van der Waals surface area contributed by atoms with Crippen LogP contribution in [0.15, 0.2) is 23.1 Å². The van der Waals surface area contributed by atoms with Gasteiger partial charge < -0.3 is 4.74 Å². The van der Waals surface area contributed by atoms with Crippen LogP contribution in [0.1, 0.15) is 5.56 Å². The zero-order valence-electron chi connectivity index (χ0n) is 7.42. The molecule has 0 aliphatic heterocycles. The normalized spacial score (nSPS) is 9.93. The van der Waals surface area contributed by atoms with E-state index in [9.17, 15) is 9.18 Å². The van der Waals surface area contributed by atoms with Crippen molar-refractivity contribution >= 4 is 27.6 Å². The Kier molecular flexibility index (Phi) is 4.22. The maximum Gasteiger partial charge on any atom is 0.310 e. The maximum absolute atomic E-state index is 12.8. The highest BCUT2D eigenvalue weighted by Crippen LogP contribution is 2.27. The predicted octanol–water partition coefficient (Wildman–Crippen LogP) is 2.79. The fourth-order valence-corrected chi connectivity index (χ4v) is 1.79. The van der Waals surface area contributed by atoms with E-state index in [0.29, 0.717) is 10.5 Å². The van der Waals surface area contributed by atoms with Crippen LogP contribution in [0.5, 0.6) is 0 Å². The molecule has 0 atom stereocenters. The highest BCUT2D eigenvalue weighted by molar-refractivity contribution is 8.21. The molecule has 2 nitrogen and oxygen atoms in total. The van der Waals surface area contributed by atoms with Crippen molar-refractivity contribution in [1.82, 2.24) is 0 Å². The third kappa shape index (κ3) is 2.89. The quantitative estimate of drug-likeness (QED) is 0.753. The van der Waals surface area contributed by atoms with Gasteiger partial charge in [-0.05, 0) is 45.4 Å². The van der Waals surface area contributed by atoms with Crippen LogP contribution < -0.4 is 0 Å². The van der Waals surface area contributed by atoms with Gasteiger partial charge in [0.15, 0.2) is 0 Å². The van der Waals surface area contributed by atoms with E-state index in [1.165, 1.54) is 25.3 Å². The van der Waals surface area contributed by atoms with E-state index in [4.69, 9.17) is 10.7 Å². The van der Waals surface area contributed by atoms with Crippen molar-refractivity contribution in [2.75, 3.05) is 7.11 Å². The molecule has 0 amide bonds. The van der Waals surface area contributed by atoms with E-state index in [-0.39, 0.29) is 6.42 Å². The van der Waals surface area contributed by atoms with Crippen molar-refractivity contribution < 1.29 is 13.9 Å². The van der Waals surface area contributed by atoms with Gasteiger partial charge in [0.2, 0.25) is 0 Å². The first-order valence-corrected chi connectivity index (χ1v) is 5.45. The summed E-state index contributed by atoms with van der Waals surface area (Å²) in [6.07, 6.45) is 0.0311. The summed E-state index contributed by atoms with van der Waals surface area (Å²) in [6.45, 7) is 0. The molecule has 0 saturated carbocycles. The molecule has 0 aromatic heterocycles. The first-order chi connectivity index (χ1) is 6.67. The van der Waals surface area contributed by atoms with Crippen molar-refractivity contribution in [1.29, 1.82) is 0 Å². The molecule has 0 saturated heterocycles. The molecule has 14 heavy (non-hydrogen) atoms. The van der Waals surface area contributed by atoms with Crippen LogP contribution in [0.3, 0.4) is 0 Å². The van der Waals surface area contributed by atoms with Gasteiger partial charge in [-0.2, -0.15) is 0 Å². The summed E-state index contributed by atoms with van der Waals surface area (Å²) in [7, 11) is 7.79. The summed E-state index contributed by atoms with van der Waals surface area (Å²) >= 11 is 0. The Morgan fingerprint density at radius 2 is 2.36 bits per heavy atom. The van der Waals surface area contributed by atoms with E-state index >= 15 is 0 Å². The fraction of sp³-hybridized carbons (Fsp3) is 0.222. The summed E-state index contributed by atoms with van der Waals surface area (Å²) in [4.78, 5) is 11.6. The average molecular weight is 235 g/mol. The molecule has 0 spiro atoms. The van der Waals surface area contributed by atoms with Gasteiger partial charge in [-0.1, -0.05) is 0 Å². The van der Waals surface area contributed by atoms with Gasteiger partial charge in [-0.25, -0.2) is 4.39 Å². The number of ether oxygens (including phenoxy) is 1. The minimum absolute atomic E-state index is 0.0311. The fourth-order valence-electron chi connectivity index (χ4n) is 0.989. The maximum atomic E-state index is 12.8. The molecule has 0 heterocycles. The van der Waals surface area contributed by atoms with Crippen molar-refractivity contribution in [3.8, 4) is 0 Å². The number of rotatable bonds is 3. The molecule has 1 aromatic carbocycles. The summed E-state index contributed by atoms with van der Waals surface area (Å²) in [5, 5.41) is 0. The monoisotopic (exact) mass is 234 g/mol. The molecule has 0 N–H and O–H groups in total. The molecule has 0 aliphatic carbocycles. The smallest absolute Gasteiger partial charge is 0.310 e. The highest BCUT2D eigenvalue weighted by atomic mass is 35.7. The molecule has 1 aromatic rings. The second-order valence-electron chi connectivity index (χ2n) is 2.58. The summed E-state index contributed by atoms with van der Waals surface area (Å²) < 4.78 is 17.3. The first kappa shape index (κ1) is 11.3.